The topological polar surface area (TPSA) is 75.4 Å². The standard InChI is InChI=1S/C19H21FN6O/c20-15-6-4-5-14(13-15)19(27)21-10-9-17-23-22-16-7-8-18(24-26(16)17)25-11-2-1-3-12-25/h4-8,13H,1-3,9-12H2,(H,21,27). The Kier molecular flexibility index (Phi) is 4.95. The van der Waals surface area contributed by atoms with E-state index in [1.165, 1.54) is 37.5 Å². The number of nitrogens with zero attached hydrogens (tertiary/aromatic N) is 5. The lowest BCUT2D eigenvalue weighted by Crippen LogP contribution is -2.30. The van der Waals surface area contributed by atoms with E-state index in [1.54, 1.807) is 10.6 Å². The average molecular weight is 368 g/mol. The Labute approximate surface area is 156 Å². The minimum Gasteiger partial charge on any atom is -0.355 e. The number of halogens is 1. The van der Waals surface area contributed by atoms with Gasteiger partial charge in [0.05, 0.1) is 0 Å². The Hall–Kier alpha value is -3.03. The average Bonchev–Trinajstić information content (AvgIpc) is 3.11. The quantitative estimate of drug-likeness (QED) is 0.747. The van der Waals surface area contributed by atoms with Crippen LogP contribution in [0.5, 0.6) is 0 Å². The maximum absolute atomic E-state index is 13.2. The monoisotopic (exact) mass is 368 g/mol. The van der Waals surface area contributed by atoms with Crippen molar-refractivity contribution in [3.05, 3.63) is 53.6 Å². The van der Waals surface area contributed by atoms with Crippen LogP contribution < -0.4 is 10.2 Å². The Balaban J connectivity index is 1.43. The summed E-state index contributed by atoms with van der Waals surface area (Å²) in [6.45, 7) is 2.39. The Morgan fingerprint density at radius 2 is 1.96 bits per heavy atom. The lowest BCUT2D eigenvalue weighted by molar-refractivity contribution is 0.0953. The van der Waals surface area contributed by atoms with Crippen LogP contribution in [0.25, 0.3) is 5.65 Å². The van der Waals surface area contributed by atoms with Crippen LogP contribution >= 0.6 is 0 Å². The van der Waals surface area contributed by atoms with Gasteiger partial charge in [0.25, 0.3) is 5.91 Å². The molecule has 1 N–H and O–H groups in total. The fourth-order valence-corrected chi connectivity index (χ4v) is 3.29. The zero-order valence-electron chi connectivity index (χ0n) is 14.9. The van der Waals surface area contributed by atoms with Crippen molar-refractivity contribution in [2.24, 2.45) is 0 Å². The van der Waals surface area contributed by atoms with Crippen molar-refractivity contribution in [1.82, 2.24) is 25.1 Å². The van der Waals surface area contributed by atoms with Crippen LogP contribution in [-0.4, -0.2) is 45.4 Å². The Bertz CT molecular complexity index is 950. The second kappa shape index (κ2) is 7.69. The molecule has 3 heterocycles. The zero-order valence-corrected chi connectivity index (χ0v) is 14.9. The predicted molar refractivity (Wildman–Crippen MR) is 99.3 cm³/mol. The number of benzene rings is 1. The number of aromatic nitrogens is 4. The van der Waals surface area contributed by atoms with Crippen molar-refractivity contribution in [2.75, 3.05) is 24.5 Å². The lowest BCUT2D eigenvalue weighted by Gasteiger charge is -2.27. The number of fused-ring (bicyclic) bond motifs is 1. The van der Waals surface area contributed by atoms with E-state index in [-0.39, 0.29) is 5.91 Å². The highest BCUT2D eigenvalue weighted by Gasteiger charge is 2.15. The SMILES string of the molecule is O=C(NCCc1nnc2ccc(N3CCCCC3)nn12)c1cccc(F)c1. The molecule has 0 radical (unpaired) electrons. The van der Waals surface area contributed by atoms with Gasteiger partial charge in [-0.05, 0) is 49.6 Å². The van der Waals surface area contributed by atoms with Gasteiger partial charge in [-0.3, -0.25) is 4.79 Å². The summed E-state index contributed by atoms with van der Waals surface area (Å²) >= 11 is 0. The molecule has 4 rings (SSSR count). The zero-order chi connectivity index (χ0) is 18.6. The van der Waals surface area contributed by atoms with E-state index >= 15 is 0 Å². The van der Waals surface area contributed by atoms with Crippen molar-refractivity contribution < 1.29 is 9.18 Å². The summed E-state index contributed by atoms with van der Waals surface area (Å²) in [5, 5.41) is 15.8. The molecule has 0 saturated carbocycles. The van der Waals surface area contributed by atoms with Gasteiger partial charge >= 0.3 is 0 Å². The van der Waals surface area contributed by atoms with E-state index in [2.05, 4.69) is 25.5 Å². The molecule has 0 bridgehead atoms. The summed E-state index contributed by atoms with van der Waals surface area (Å²) in [4.78, 5) is 14.4. The molecule has 0 atom stereocenters. The Morgan fingerprint density at radius 3 is 2.78 bits per heavy atom. The van der Waals surface area contributed by atoms with Crippen LogP contribution in [0.1, 0.15) is 35.4 Å². The third-order valence-electron chi connectivity index (χ3n) is 4.71. The normalized spacial score (nSPS) is 14.5. The summed E-state index contributed by atoms with van der Waals surface area (Å²) < 4.78 is 15.0. The Morgan fingerprint density at radius 1 is 1.11 bits per heavy atom. The first kappa shape index (κ1) is 17.4. The summed E-state index contributed by atoms with van der Waals surface area (Å²) in [5.74, 6) is 0.862. The van der Waals surface area contributed by atoms with Gasteiger partial charge in [-0.25, -0.2) is 4.39 Å². The minimum absolute atomic E-state index is 0.298. The van der Waals surface area contributed by atoms with Crippen molar-refractivity contribution >= 4 is 17.4 Å². The number of carbonyl (C=O) groups is 1. The van der Waals surface area contributed by atoms with Gasteiger partial charge in [0.1, 0.15) is 11.6 Å². The fourth-order valence-electron chi connectivity index (χ4n) is 3.29. The fraction of sp³-hybridized carbons (Fsp3) is 0.368. The van der Waals surface area contributed by atoms with E-state index in [4.69, 9.17) is 0 Å². The third kappa shape index (κ3) is 3.89. The second-order valence-electron chi connectivity index (χ2n) is 6.64. The molecule has 1 aliphatic rings. The molecule has 27 heavy (non-hydrogen) atoms. The van der Waals surface area contributed by atoms with E-state index < -0.39 is 5.82 Å². The first-order valence-corrected chi connectivity index (χ1v) is 9.21. The molecule has 8 heteroatoms. The molecule has 1 fully saturated rings. The summed E-state index contributed by atoms with van der Waals surface area (Å²) in [7, 11) is 0. The molecule has 2 aromatic heterocycles. The number of hydrogen-bond donors (Lipinski definition) is 1. The number of hydrogen-bond acceptors (Lipinski definition) is 5. The lowest BCUT2D eigenvalue weighted by atomic mass is 10.1. The van der Waals surface area contributed by atoms with Crippen LogP contribution in [-0.2, 0) is 6.42 Å². The maximum Gasteiger partial charge on any atom is 0.251 e. The number of carbonyl (C=O) groups excluding carboxylic acids is 1. The van der Waals surface area contributed by atoms with Crippen molar-refractivity contribution in [2.45, 2.75) is 25.7 Å². The van der Waals surface area contributed by atoms with E-state index in [1.807, 2.05) is 12.1 Å². The molecule has 0 aliphatic carbocycles. The highest BCUT2D eigenvalue weighted by Crippen LogP contribution is 2.18. The van der Waals surface area contributed by atoms with Gasteiger partial charge in [-0.2, -0.15) is 4.52 Å². The van der Waals surface area contributed by atoms with E-state index in [0.29, 0.717) is 30.0 Å². The third-order valence-corrected chi connectivity index (χ3v) is 4.71. The molecule has 0 unspecified atom stereocenters. The number of amides is 1. The van der Waals surface area contributed by atoms with Gasteiger partial charge in [-0.15, -0.1) is 15.3 Å². The molecule has 1 aliphatic heterocycles. The van der Waals surface area contributed by atoms with Crippen molar-refractivity contribution in [3.8, 4) is 0 Å². The van der Waals surface area contributed by atoms with Crippen LogP contribution in [0.2, 0.25) is 0 Å². The summed E-state index contributed by atoms with van der Waals surface area (Å²) in [6, 6.07) is 9.52. The van der Waals surface area contributed by atoms with Crippen LogP contribution in [0.3, 0.4) is 0 Å². The highest BCUT2D eigenvalue weighted by atomic mass is 19.1. The number of nitrogens with one attached hydrogen (secondary N) is 1. The van der Waals surface area contributed by atoms with Gasteiger partial charge in [0.15, 0.2) is 11.5 Å². The molecular weight excluding hydrogens is 347 g/mol. The molecule has 7 nitrogen and oxygen atoms in total. The van der Waals surface area contributed by atoms with Crippen molar-refractivity contribution in [1.29, 1.82) is 0 Å². The van der Waals surface area contributed by atoms with Gasteiger partial charge < -0.3 is 10.2 Å². The van der Waals surface area contributed by atoms with Crippen molar-refractivity contribution in [3.63, 3.8) is 0 Å². The van der Waals surface area contributed by atoms with Gasteiger partial charge in [0.2, 0.25) is 0 Å². The van der Waals surface area contributed by atoms with Crippen LogP contribution in [0.4, 0.5) is 10.2 Å². The number of anilines is 1. The summed E-state index contributed by atoms with van der Waals surface area (Å²) in [5.41, 5.74) is 0.980. The summed E-state index contributed by atoms with van der Waals surface area (Å²) in [6.07, 6.45) is 4.11. The molecular formula is C19H21FN6O. The first-order chi connectivity index (χ1) is 13.2. The number of piperidine rings is 1. The molecule has 0 spiro atoms. The maximum atomic E-state index is 13.2. The predicted octanol–water partition coefficient (Wildman–Crippen LogP) is 2.23. The highest BCUT2D eigenvalue weighted by molar-refractivity contribution is 5.94. The van der Waals surface area contributed by atoms with Gasteiger partial charge in [-0.1, -0.05) is 6.07 Å². The molecule has 1 amide bonds. The molecule has 1 aromatic carbocycles. The second-order valence-corrected chi connectivity index (χ2v) is 6.64. The minimum atomic E-state index is -0.430. The van der Waals surface area contributed by atoms with Gasteiger partial charge in [0, 0.05) is 31.6 Å². The smallest absolute Gasteiger partial charge is 0.251 e. The molecule has 1 saturated heterocycles. The number of rotatable bonds is 5. The largest absolute Gasteiger partial charge is 0.355 e. The van der Waals surface area contributed by atoms with E-state index in [9.17, 15) is 9.18 Å². The van der Waals surface area contributed by atoms with Crippen LogP contribution in [0.15, 0.2) is 36.4 Å². The molecule has 140 valence electrons. The van der Waals surface area contributed by atoms with E-state index in [0.717, 1.165) is 18.9 Å². The first-order valence-electron chi connectivity index (χ1n) is 9.21. The van der Waals surface area contributed by atoms with Crippen LogP contribution in [0, 0.1) is 5.82 Å². The molecule has 3 aromatic rings.